The molecule has 162 valence electrons. The molecule has 1 heterocycles. The van der Waals surface area contributed by atoms with Crippen LogP contribution in [0.15, 0.2) is 40.9 Å². The highest BCUT2D eigenvalue weighted by Gasteiger charge is 2.19. The van der Waals surface area contributed by atoms with Gasteiger partial charge in [-0.2, -0.15) is 0 Å². The SMILES string of the molecule is COc1ccc(NC(=O)Cn2nnc(C(=O)Nc3ccc(C)cc3Br)c2C)cc1OC. The Morgan fingerprint density at radius 2 is 1.77 bits per heavy atom. The molecule has 10 heteroatoms. The van der Waals surface area contributed by atoms with Crippen LogP contribution in [-0.4, -0.2) is 41.0 Å². The van der Waals surface area contributed by atoms with Crippen molar-refractivity contribution in [2.75, 3.05) is 24.9 Å². The molecule has 9 nitrogen and oxygen atoms in total. The van der Waals surface area contributed by atoms with E-state index >= 15 is 0 Å². The molecule has 0 aliphatic carbocycles. The number of carbonyl (C=O) groups is 2. The molecule has 0 saturated carbocycles. The van der Waals surface area contributed by atoms with E-state index in [4.69, 9.17) is 9.47 Å². The van der Waals surface area contributed by atoms with E-state index < -0.39 is 5.91 Å². The van der Waals surface area contributed by atoms with E-state index in [0.717, 1.165) is 10.0 Å². The Hall–Kier alpha value is -3.40. The minimum atomic E-state index is -0.409. The molecule has 3 aromatic rings. The molecule has 2 aromatic carbocycles. The van der Waals surface area contributed by atoms with Crippen LogP contribution in [0.4, 0.5) is 11.4 Å². The highest BCUT2D eigenvalue weighted by atomic mass is 79.9. The standard InChI is InChI=1S/C21H22BrN5O4/c1-12-5-7-16(15(22)9-12)24-21(29)20-13(2)27(26-25-20)11-19(28)23-14-6-8-17(30-3)18(10-14)31-4/h5-10H,11H2,1-4H3,(H,23,28)(H,24,29). The molecule has 2 amide bonds. The van der Waals surface area contributed by atoms with Gasteiger partial charge in [0.15, 0.2) is 17.2 Å². The number of aryl methyl sites for hydroxylation is 1. The molecule has 0 saturated heterocycles. The number of amides is 2. The second kappa shape index (κ2) is 9.61. The third-order valence-corrected chi connectivity index (χ3v) is 5.19. The molecule has 0 unspecified atom stereocenters. The van der Waals surface area contributed by atoms with E-state index in [1.54, 1.807) is 31.2 Å². The van der Waals surface area contributed by atoms with Crippen LogP contribution in [0.3, 0.4) is 0 Å². The number of halogens is 1. The zero-order valence-electron chi connectivity index (χ0n) is 17.5. The van der Waals surface area contributed by atoms with Gasteiger partial charge in [-0.15, -0.1) is 5.10 Å². The fourth-order valence-corrected chi connectivity index (χ4v) is 3.47. The average Bonchev–Trinajstić information content (AvgIpc) is 3.10. The van der Waals surface area contributed by atoms with Gasteiger partial charge >= 0.3 is 0 Å². The number of nitrogens with zero attached hydrogens (tertiary/aromatic N) is 3. The monoisotopic (exact) mass is 487 g/mol. The summed E-state index contributed by atoms with van der Waals surface area (Å²) >= 11 is 3.43. The molecular weight excluding hydrogens is 466 g/mol. The molecule has 0 spiro atoms. The molecule has 3 rings (SSSR count). The lowest BCUT2D eigenvalue weighted by atomic mass is 10.2. The molecule has 0 aliphatic rings. The summed E-state index contributed by atoms with van der Waals surface area (Å²) in [5.41, 5.74) is 2.85. The second-order valence-electron chi connectivity index (χ2n) is 6.74. The first-order chi connectivity index (χ1) is 14.8. The van der Waals surface area contributed by atoms with Crippen molar-refractivity contribution in [3.63, 3.8) is 0 Å². The summed E-state index contributed by atoms with van der Waals surface area (Å²) in [5.74, 6) is 0.323. The van der Waals surface area contributed by atoms with E-state index in [1.807, 2.05) is 19.1 Å². The van der Waals surface area contributed by atoms with Gasteiger partial charge in [0.05, 0.1) is 25.6 Å². The third kappa shape index (κ3) is 5.21. The Bertz CT molecular complexity index is 1130. The van der Waals surface area contributed by atoms with Gasteiger partial charge < -0.3 is 20.1 Å². The zero-order valence-corrected chi connectivity index (χ0v) is 19.1. The zero-order chi connectivity index (χ0) is 22.5. The highest BCUT2D eigenvalue weighted by Crippen LogP contribution is 2.29. The number of carbonyl (C=O) groups excluding carboxylic acids is 2. The van der Waals surface area contributed by atoms with Gasteiger partial charge in [-0.3, -0.25) is 9.59 Å². The maximum Gasteiger partial charge on any atom is 0.278 e. The van der Waals surface area contributed by atoms with Crippen molar-refractivity contribution >= 4 is 39.1 Å². The van der Waals surface area contributed by atoms with Crippen LogP contribution in [0.25, 0.3) is 0 Å². The normalized spacial score (nSPS) is 10.5. The second-order valence-corrected chi connectivity index (χ2v) is 7.59. The quantitative estimate of drug-likeness (QED) is 0.527. The van der Waals surface area contributed by atoms with Crippen LogP contribution in [0.2, 0.25) is 0 Å². The fraction of sp³-hybridized carbons (Fsp3) is 0.238. The molecule has 0 bridgehead atoms. The topological polar surface area (TPSA) is 107 Å². The van der Waals surface area contributed by atoms with Crippen molar-refractivity contribution in [1.29, 1.82) is 0 Å². The Labute approximate surface area is 187 Å². The van der Waals surface area contributed by atoms with Gasteiger partial charge in [-0.05, 0) is 59.6 Å². The molecule has 0 fully saturated rings. The maximum absolute atomic E-state index is 12.6. The van der Waals surface area contributed by atoms with Crippen molar-refractivity contribution in [1.82, 2.24) is 15.0 Å². The number of rotatable bonds is 7. The molecule has 2 N–H and O–H groups in total. The minimum absolute atomic E-state index is 0.102. The number of nitrogens with one attached hydrogen (secondary N) is 2. The smallest absolute Gasteiger partial charge is 0.278 e. The summed E-state index contributed by atoms with van der Waals surface area (Å²) in [6.45, 7) is 3.54. The Balaban J connectivity index is 1.68. The molecule has 31 heavy (non-hydrogen) atoms. The van der Waals surface area contributed by atoms with Crippen LogP contribution in [0.1, 0.15) is 21.7 Å². The van der Waals surface area contributed by atoms with Gasteiger partial charge in [0, 0.05) is 16.2 Å². The molecular formula is C21H22BrN5O4. The lowest BCUT2D eigenvalue weighted by Gasteiger charge is -2.11. The first kappa shape index (κ1) is 22.3. The van der Waals surface area contributed by atoms with Crippen molar-refractivity contribution in [3.8, 4) is 11.5 Å². The highest BCUT2D eigenvalue weighted by molar-refractivity contribution is 9.10. The van der Waals surface area contributed by atoms with Gasteiger partial charge in [0.25, 0.3) is 5.91 Å². The fourth-order valence-electron chi connectivity index (χ4n) is 2.87. The van der Waals surface area contributed by atoms with Gasteiger partial charge in [0.2, 0.25) is 5.91 Å². The van der Waals surface area contributed by atoms with Crippen LogP contribution < -0.4 is 20.1 Å². The molecule has 0 radical (unpaired) electrons. The Morgan fingerprint density at radius 1 is 1.03 bits per heavy atom. The first-order valence-corrected chi connectivity index (χ1v) is 10.1. The molecule has 0 atom stereocenters. The predicted octanol–water partition coefficient (Wildman–Crippen LogP) is 3.57. The number of methoxy groups -OCH3 is 2. The number of hydrogen-bond acceptors (Lipinski definition) is 6. The van der Waals surface area contributed by atoms with Crippen molar-refractivity contribution in [2.45, 2.75) is 20.4 Å². The van der Waals surface area contributed by atoms with Gasteiger partial charge in [-0.25, -0.2) is 4.68 Å². The van der Waals surface area contributed by atoms with Crippen LogP contribution in [0.5, 0.6) is 11.5 Å². The van der Waals surface area contributed by atoms with Crippen LogP contribution in [-0.2, 0) is 11.3 Å². The lowest BCUT2D eigenvalue weighted by Crippen LogP contribution is -2.21. The van der Waals surface area contributed by atoms with Gasteiger partial charge in [-0.1, -0.05) is 11.3 Å². The lowest BCUT2D eigenvalue weighted by molar-refractivity contribution is -0.117. The largest absolute Gasteiger partial charge is 0.493 e. The Morgan fingerprint density at radius 3 is 2.45 bits per heavy atom. The summed E-state index contributed by atoms with van der Waals surface area (Å²) in [6.07, 6.45) is 0. The number of aromatic nitrogens is 3. The van der Waals surface area contributed by atoms with E-state index in [0.29, 0.717) is 28.6 Å². The number of benzene rings is 2. The number of ether oxygens (including phenoxy) is 2. The number of hydrogen-bond donors (Lipinski definition) is 2. The first-order valence-electron chi connectivity index (χ1n) is 9.32. The van der Waals surface area contributed by atoms with Crippen LogP contribution >= 0.6 is 15.9 Å². The summed E-state index contributed by atoms with van der Waals surface area (Å²) in [5, 5.41) is 13.4. The van der Waals surface area contributed by atoms with Crippen LogP contribution in [0, 0.1) is 13.8 Å². The minimum Gasteiger partial charge on any atom is -0.493 e. The summed E-state index contributed by atoms with van der Waals surface area (Å²) in [4.78, 5) is 25.1. The average molecular weight is 488 g/mol. The summed E-state index contributed by atoms with van der Waals surface area (Å²) < 4.78 is 12.6. The van der Waals surface area contributed by atoms with Crippen molar-refractivity contribution in [2.24, 2.45) is 0 Å². The van der Waals surface area contributed by atoms with E-state index in [2.05, 4.69) is 36.9 Å². The third-order valence-electron chi connectivity index (χ3n) is 4.53. The van der Waals surface area contributed by atoms with E-state index in [-0.39, 0.29) is 18.1 Å². The van der Waals surface area contributed by atoms with Crippen molar-refractivity contribution < 1.29 is 19.1 Å². The van der Waals surface area contributed by atoms with Crippen molar-refractivity contribution in [3.05, 3.63) is 57.8 Å². The van der Waals surface area contributed by atoms with Gasteiger partial charge in [0.1, 0.15) is 6.54 Å². The molecule has 1 aromatic heterocycles. The Kier molecular flexibility index (Phi) is 6.91. The number of anilines is 2. The predicted molar refractivity (Wildman–Crippen MR) is 120 cm³/mol. The summed E-state index contributed by atoms with van der Waals surface area (Å²) in [6, 6.07) is 10.6. The summed E-state index contributed by atoms with van der Waals surface area (Å²) in [7, 11) is 3.05. The van der Waals surface area contributed by atoms with E-state index in [9.17, 15) is 9.59 Å². The molecule has 0 aliphatic heterocycles. The van der Waals surface area contributed by atoms with E-state index in [1.165, 1.54) is 18.9 Å². The maximum atomic E-state index is 12.6.